The van der Waals surface area contributed by atoms with Crippen LogP contribution < -0.4 is 10.6 Å². The van der Waals surface area contributed by atoms with Crippen molar-refractivity contribution in [1.82, 2.24) is 10.6 Å². The molecule has 0 radical (unpaired) electrons. The molecule has 0 aliphatic rings. The van der Waals surface area contributed by atoms with Gasteiger partial charge in [0, 0.05) is 31.5 Å². The van der Waals surface area contributed by atoms with Crippen LogP contribution in [0, 0.1) is 11.8 Å². The Bertz CT molecular complexity index is 813. The van der Waals surface area contributed by atoms with Gasteiger partial charge in [-0.15, -0.1) is 0 Å². The van der Waals surface area contributed by atoms with E-state index in [1.165, 1.54) is 7.05 Å². The first-order valence-corrected chi connectivity index (χ1v) is 16.5. The van der Waals surface area contributed by atoms with Crippen molar-refractivity contribution in [2.45, 2.75) is 0 Å². The molecule has 0 aromatic rings. The number of hydrogen-bond acceptors (Lipinski definition) is 14. The highest BCUT2D eigenvalue weighted by Gasteiger charge is 2.28. The molecule has 0 saturated carbocycles. The maximum atomic E-state index is 11.9. The first-order chi connectivity index (χ1) is 17.0. The third-order valence-corrected chi connectivity index (χ3v) is 7.32. The Labute approximate surface area is 213 Å². The van der Waals surface area contributed by atoms with E-state index in [1.54, 1.807) is 7.05 Å². The van der Waals surface area contributed by atoms with Gasteiger partial charge in [0.1, 0.15) is 0 Å². The molecule has 19 nitrogen and oxygen atoms in total. The van der Waals surface area contributed by atoms with Gasteiger partial charge < -0.3 is 40.2 Å². The molecule has 0 amide bonds. The number of phosphoric acid groups is 4. The van der Waals surface area contributed by atoms with E-state index in [4.69, 9.17) is 23.9 Å². The van der Waals surface area contributed by atoms with Crippen molar-refractivity contribution in [1.29, 1.82) is 0 Å². The van der Waals surface area contributed by atoms with Crippen molar-refractivity contribution in [2.75, 3.05) is 80.0 Å². The molecular weight excluding hydrogens is 592 g/mol. The molecule has 8 N–H and O–H groups in total. The molecule has 0 fully saturated rings. The fraction of sp³-hybridized carbons (Fsp3) is 1.00. The average Bonchev–Trinajstić information content (AvgIpc) is 2.78. The smallest absolute Gasteiger partial charge is 0.396 e. The lowest BCUT2D eigenvalue weighted by Crippen LogP contribution is -2.26. The SMILES string of the molecule is CNCC(CO)COP(=O)(O)OCCOP(=O)(O)OCCOP(=O)(O)OCC(CNC)COP(=O)(O)O. The predicted octanol–water partition coefficient (Wildman–Crippen LogP) is -0.840. The number of rotatable bonds is 24. The molecule has 37 heavy (non-hydrogen) atoms. The second-order valence-electron chi connectivity index (χ2n) is 7.15. The molecule has 0 rings (SSSR count). The Morgan fingerprint density at radius 2 is 0.892 bits per heavy atom. The van der Waals surface area contributed by atoms with Crippen LogP contribution in [0.4, 0.5) is 0 Å². The van der Waals surface area contributed by atoms with Crippen molar-refractivity contribution < 1.29 is 79.5 Å². The second kappa shape index (κ2) is 18.6. The third kappa shape index (κ3) is 21.8. The topological polar surface area (TPSA) is 278 Å². The molecule has 5 atom stereocenters. The normalized spacial score (nSPS) is 19.0. The van der Waals surface area contributed by atoms with Gasteiger partial charge in [0.25, 0.3) is 0 Å². The Morgan fingerprint density at radius 1 is 0.568 bits per heavy atom. The molecule has 0 saturated heterocycles. The fourth-order valence-corrected chi connectivity index (χ4v) is 4.89. The fourth-order valence-electron chi connectivity index (χ4n) is 2.24. The van der Waals surface area contributed by atoms with E-state index in [9.17, 15) is 32.9 Å². The van der Waals surface area contributed by atoms with Crippen molar-refractivity contribution in [3.63, 3.8) is 0 Å². The molecule has 224 valence electrons. The lowest BCUT2D eigenvalue weighted by molar-refractivity contribution is 0.0753. The molecule has 0 aliphatic heterocycles. The predicted molar refractivity (Wildman–Crippen MR) is 125 cm³/mol. The number of nitrogens with one attached hydrogen (secondary N) is 2. The standard InChI is InChI=1S/C14H36N2O17P4/c1-15-7-13(9-17)10-32-36(23,24)29-5-3-27-35(21,22)28-4-6-30-37(25,26)33-12-14(8-16-2)11-31-34(18,19)20/h13-17H,3-12H2,1-2H3,(H,21,22)(H,23,24)(H,25,26)(H2,18,19,20). The quantitative estimate of drug-likeness (QED) is 0.0478. The molecule has 23 heteroatoms. The van der Waals surface area contributed by atoms with Gasteiger partial charge in [-0.25, -0.2) is 18.3 Å². The maximum Gasteiger partial charge on any atom is 0.472 e. The number of hydrogen-bond donors (Lipinski definition) is 8. The average molecular weight is 628 g/mol. The van der Waals surface area contributed by atoms with Crippen molar-refractivity contribution in [3.8, 4) is 0 Å². The molecular formula is C14H36N2O17P4. The molecule has 5 unspecified atom stereocenters. The minimum atomic E-state index is -4.75. The Balaban J connectivity index is 4.27. The largest absolute Gasteiger partial charge is 0.472 e. The van der Waals surface area contributed by atoms with Crippen LogP contribution in [-0.2, 0) is 49.9 Å². The summed E-state index contributed by atoms with van der Waals surface area (Å²) in [6.45, 7) is -3.80. The summed E-state index contributed by atoms with van der Waals surface area (Å²) in [5, 5.41) is 14.5. The van der Waals surface area contributed by atoms with E-state index in [2.05, 4.69) is 33.3 Å². The molecule has 0 aliphatic carbocycles. The Kier molecular flexibility index (Phi) is 18.8. The van der Waals surface area contributed by atoms with Crippen LogP contribution in [0.5, 0.6) is 0 Å². The Hall–Kier alpha value is 0.320. The molecule has 0 heterocycles. The van der Waals surface area contributed by atoms with Crippen LogP contribution in [0.1, 0.15) is 0 Å². The van der Waals surface area contributed by atoms with Gasteiger partial charge in [-0.05, 0) is 14.1 Å². The van der Waals surface area contributed by atoms with E-state index in [0.29, 0.717) is 6.54 Å². The molecule has 0 aromatic carbocycles. The summed E-state index contributed by atoms with van der Waals surface area (Å²) in [7, 11) is -15.5. The zero-order valence-corrected chi connectivity index (χ0v) is 23.8. The van der Waals surface area contributed by atoms with Gasteiger partial charge >= 0.3 is 31.3 Å². The zero-order chi connectivity index (χ0) is 28.6. The first-order valence-electron chi connectivity index (χ1n) is 10.5. The van der Waals surface area contributed by atoms with E-state index in [0.717, 1.165) is 0 Å². The lowest BCUT2D eigenvalue weighted by atomic mass is 10.2. The van der Waals surface area contributed by atoms with Crippen molar-refractivity contribution >= 4 is 31.3 Å². The van der Waals surface area contributed by atoms with Crippen LogP contribution >= 0.6 is 31.3 Å². The van der Waals surface area contributed by atoms with Gasteiger partial charge in [-0.1, -0.05) is 0 Å². The summed E-state index contributed by atoms with van der Waals surface area (Å²) in [5.74, 6) is -1.19. The highest BCUT2D eigenvalue weighted by atomic mass is 31.2. The summed E-state index contributed by atoms with van der Waals surface area (Å²) in [6, 6.07) is 0. The zero-order valence-electron chi connectivity index (χ0n) is 20.2. The minimum absolute atomic E-state index is 0.120. The van der Waals surface area contributed by atoms with Crippen molar-refractivity contribution in [2.24, 2.45) is 11.8 Å². The highest BCUT2D eigenvalue weighted by Crippen LogP contribution is 2.47. The number of aliphatic hydroxyl groups excluding tert-OH is 1. The summed E-state index contributed by atoms with van der Waals surface area (Å²) >= 11 is 0. The monoisotopic (exact) mass is 628 g/mol. The van der Waals surface area contributed by atoms with Gasteiger partial charge in [0.05, 0.1) is 46.2 Å². The summed E-state index contributed by atoms with van der Waals surface area (Å²) in [4.78, 5) is 46.2. The van der Waals surface area contributed by atoms with Gasteiger partial charge in [0.2, 0.25) is 0 Å². The second-order valence-corrected chi connectivity index (χ2v) is 12.7. The van der Waals surface area contributed by atoms with Crippen LogP contribution in [-0.4, -0.2) is 110 Å². The van der Waals surface area contributed by atoms with Crippen LogP contribution in [0.2, 0.25) is 0 Å². The molecule has 0 spiro atoms. The summed E-state index contributed by atoms with van der Waals surface area (Å²) in [5.41, 5.74) is 0. The van der Waals surface area contributed by atoms with Crippen LogP contribution in [0.15, 0.2) is 0 Å². The minimum Gasteiger partial charge on any atom is -0.396 e. The lowest BCUT2D eigenvalue weighted by Gasteiger charge is -2.19. The van der Waals surface area contributed by atoms with E-state index < -0.39 is 82.8 Å². The third-order valence-electron chi connectivity index (χ3n) is 3.85. The summed E-state index contributed by atoms with van der Waals surface area (Å²) in [6.07, 6.45) is 0. The van der Waals surface area contributed by atoms with Gasteiger partial charge in [0.15, 0.2) is 0 Å². The van der Waals surface area contributed by atoms with Crippen LogP contribution in [0.3, 0.4) is 0 Å². The van der Waals surface area contributed by atoms with E-state index in [-0.39, 0.29) is 19.8 Å². The Morgan fingerprint density at radius 3 is 1.24 bits per heavy atom. The molecule has 0 bridgehead atoms. The van der Waals surface area contributed by atoms with E-state index >= 15 is 0 Å². The number of phosphoric ester groups is 4. The highest BCUT2D eigenvalue weighted by molar-refractivity contribution is 7.48. The van der Waals surface area contributed by atoms with Crippen molar-refractivity contribution in [3.05, 3.63) is 0 Å². The van der Waals surface area contributed by atoms with E-state index in [1.807, 2.05) is 0 Å². The molecule has 0 aromatic heterocycles. The van der Waals surface area contributed by atoms with Crippen LogP contribution in [0.25, 0.3) is 0 Å². The number of aliphatic hydroxyl groups is 1. The first kappa shape index (κ1) is 37.3. The summed E-state index contributed by atoms with van der Waals surface area (Å²) < 4.78 is 78.1. The maximum absolute atomic E-state index is 11.9. The van der Waals surface area contributed by atoms with Gasteiger partial charge in [-0.2, -0.15) is 0 Å². The van der Waals surface area contributed by atoms with Gasteiger partial charge in [-0.3, -0.25) is 31.7 Å².